The smallest absolute Gasteiger partial charge is 0.0528 e. The molecule has 1 aromatic rings. The van der Waals surface area contributed by atoms with Crippen LogP contribution in [-0.2, 0) is 6.42 Å². The predicted octanol–water partition coefficient (Wildman–Crippen LogP) is 1.37. The Morgan fingerprint density at radius 1 is 1.67 bits per heavy atom. The van der Waals surface area contributed by atoms with Crippen molar-refractivity contribution in [3.63, 3.8) is 0 Å². The average Bonchev–Trinajstić information content (AvgIpc) is 2.43. The van der Waals surface area contributed by atoms with Crippen LogP contribution >= 0.6 is 0 Å². The summed E-state index contributed by atoms with van der Waals surface area (Å²) in [5.74, 6) is 0. The number of fused-ring (bicyclic) bond motifs is 1. The minimum atomic E-state index is 0.538. The lowest BCUT2D eigenvalue weighted by molar-refractivity contribution is 0.522. The Morgan fingerprint density at radius 2 is 2.44 bits per heavy atom. The molecule has 0 saturated heterocycles. The molecule has 2 heteroatoms. The molecule has 0 spiro atoms. The van der Waals surface area contributed by atoms with E-state index in [0.717, 1.165) is 0 Å². The van der Waals surface area contributed by atoms with E-state index in [9.17, 15) is 0 Å². The molecule has 0 radical (unpaired) electrons. The molecule has 1 aromatic heterocycles. The van der Waals surface area contributed by atoms with Gasteiger partial charge in [0.2, 0.25) is 0 Å². The van der Waals surface area contributed by atoms with Crippen molar-refractivity contribution in [3.8, 4) is 0 Å². The first-order valence-electron chi connectivity index (χ1n) is 3.34. The lowest BCUT2D eigenvalue weighted by Crippen LogP contribution is -2.02. The second-order valence-corrected chi connectivity index (χ2v) is 2.83. The molecule has 9 heavy (non-hydrogen) atoms. The average molecular weight is 122 g/mol. The van der Waals surface area contributed by atoms with Crippen LogP contribution in [0.3, 0.4) is 0 Å². The van der Waals surface area contributed by atoms with Gasteiger partial charge in [0.15, 0.2) is 0 Å². The number of hydrogen-bond donors (Lipinski definition) is 0. The minimum Gasteiger partial charge on any atom is -0.266 e. The van der Waals surface area contributed by atoms with Gasteiger partial charge in [0.25, 0.3) is 0 Å². The molecule has 1 aliphatic carbocycles. The summed E-state index contributed by atoms with van der Waals surface area (Å²) in [6.07, 6.45) is 3.15. The van der Waals surface area contributed by atoms with E-state index < -0.39 is 0 Å². The molecule has 0 N–H and O–H groups in total. The van der Waals surface area contributed by atoms with Crippen LogP contribution in [0.25, 0.3) is 0 Å². The van der Waals surface area contributed by atoms with E-state index >= 15 is 0 Å². The van der Waals surface area contributed by atoms with Gasteiger partial charge in [-0.3, -0.25) is 4.68 Å². The van der Waals surface area contributed by atoms with Crippen molar-refractivity contribution in [2.75, 3.05) is 0 Å². The second-order valence-electron chi connectivity index (χ2n) is 2.83. The molecule has 2 rings (SSSR count). The third-order valence-corrected chi connectivity index (χ3v) is 1.71. The van der Waals surface area contributed by atoms with Gasteiger partial charge in [0.05, 0.1) is 6.20 Å². The van der Waals surface area contributed by atoms with Crippen LogP contribution < -0.4 is 0 Å². The Kier molecular flexibility index (Phi) is 0.770. The fraction of sp³-hybridized carbons (Fsp3) is 0.571. The summed E-state index contributed by atoms with van der Waals surface area (Å²) in [6.45, 7) is 4.32. The zero-order chi connectivity index (χ0) is 6.43. The summed E-state index contributed by atoms with van der Waals surface area (Å²) in [7, 11) is 0. The first-order chi connectivity index (χ1) is 4.29. The maximum absolute atomic E-state index is 4.20. The Bertz CT molecular complexity index is 235. The van der Waals surface area contributed by atoms with Crippen LogP contribution in [0.1, 0.15) is 31.1 Å². The van der Waals surface area contributed by atoms with E-state index in [1.54, 1.807) is 0 Å². The fourth-order valence-corrected chi connectivity index (χ4v) is 1.13. The highest BCUT2D eigenvalue weighted by molar-refractivity contribution is 5.37. The highest BCUT2D eigenvalue weighted by Crippen LogP contribution is 2.28. The molecule has 0 saturated carbocycles. The van der Waals surface area contributed by atoms with Crippen molar-refractivity contribution in [1.29, 1.82) is 0 Å². The van der Waals surface area contributed by atoms with Gasteiger partial charge >= 0.3 is 0 Å². The number of rotatable bonds is 1. The molecule has 1 heterocycles. The maximum atomic E-state index is 4.20. The van der Waals surface area contributed by atoms with E-state index in [2.05, 4.69) is 23.6 Å². The molecule has 0 aromatic carbocycles. The van der Waals surface area contributed by atoms with Crippen molar-refractivity contribution in [2.45, 2.75) is 26.3 Å². The molecule has 0 fully saturated rings. The topological polar surface area (TPSA) is 17.8 Å². The minimum absolute atomic E-state index is 0.538. The van der Waals surface area contributed by atoms with E-state index in [1.807, 2.05) is 6.20 Å². The van der Waals surface area contributed by atoms with E-state index in [0.29, 0.717) is 6.04 Å². The highest BCUT2D eigenvalue weighted by Gasteiger charge is 2.23. The molecule has 48 valence electrons. The predicted molar refractivity (Wildman–Crippen MR) is 35.4 cm³/mol. The maximum Gasteiger partial charge on any atom is 0.0528 e. The van der Waals surface area contributed by atoms with Gasteiger partial charge in [-0.1, -0.05) is 0 Å². The van der Waals surface area contributed by atoms with Gasteiger partial charge < -0.3 is 0 Å². The second kappa shape index (κ2) is 1.38. The quantitative estimate of drug-likeness (QED) is 0.558. The number of nitrogens with zero attached hydrogens (tertiary/aromatic N) is 2. The molecule has 0 unspecified atom stereocenters. The number of hydrogen-bond acceptors (Lipinski definition) is 1. The lowest BCUT2D eigenvalue weighted by atomic mass is 10.4. The summed E-state index contributed by atoms with van der Waals surface area (Å²) in [5, 5.41) is 4.20. The first-order valence-corrected chi connectivity index (χ1v) is 3.34. The van der Waals surface area contributed by atoms with Crippen molar-refractivity contribution in [1.82, 2.24) is 9.78 Å². The Balaban J connectivity index is 2.42. The zero-order valence-electron chi connectivity index (χ0n) is 5.76. The lowest BCUT2D eigenvalue weighted by Gasteiger charge is -2.04. The molecular formula is C7H10N2. The van der Waals surface area contributed by atoms with E-state index in [-0.39, 0.29) is 0 Å². The zero-order valence-corrected chi connectivity index (χ0v) is 5.76. The van der Waals surface area contributed by atoms with Crippen LogP contribution in [0, 0.1) is 0 Å². The molecule has 0 bridgehead atoms. The van der Waals surface area contributed by atoms with Gasteiger partial charge in [-0.15, -0.1) is 0 Å². The monoisotopic (exact) mass is 122 g/mol. The Hall–Kier alpha value is -0.790. The van der Waals surface area contributed by atoms with Crippen LogP contribution in [0.4, 0.5) is 0 Å². The summed E-state index contributed by atoms with van der Waals surface area (Å²) in [6, 6.07) is 0.538. The van der Waals surface area contributed by atoms with Crippen molar-refractivity contribution in [3.05, 3.63) is 17.5 Å². The van der Waals surface area contributed by atoms with Crippen LogP contribution in [0.2, 0.25) is 0 Å². The van der Waals surface area contributed by atoms with Crippen molar-refractivity contribution < 1.29 is 0 Å². The summed E-state index contributed by atoms with van der Waals surface area (Å²) in [4.78, 5) is 0. The number of aromatic nitrogens is 2. The highest BCUT2D eigenvalue weighted by atomic mass is 15.3. The van der Waals surface area contributed by atoms with Gasteiger partial charge in [-0.05, 0) is 19.4 Å². The van der Waals surface area contributed by atoms with E-state index in [1.165, 1.54) is 17.7 Å². The van der Waals surface area contributed by atoms with Crippen LogP contribution in [0.5, 0.6) is 0 Å². The van der Waals surface area contributed by atoms with Gasteiger partial charge in [0, 0.05) is 18.2 Å². The molecule has 0 amide bonds. The molecule has 1 aliphatic rings. The molecule has 0 atom stereocenters. The SMILES string of the molecule is CC(C)n1ncc2c1C2. The standard InChI is InChI=1S/C7H10N2/c1-5(2)9-7-3-6(7)4-8-9/h4-5H,3H2,1-2H3. The molecule has 0 aliphatic heterocycles. The van der Waals surface area contributed by atoms with Gasteiger partial charge in [-0.25, -0.2) is 0 Å². The van der Waals surface area contributed by atoms with Crippen molar-refractivity contribution in [2.24, 2.45) is 0 Å². The van der Waals surface area contributed by atoms with Gasteiger partial charge in [-0.2, -0.15) is 5.10 Å². The van der Waals surface area contributed by atoms with Crippen LogP contribution in [0.15, 0.2) is 6.20 Å². The normalized spacial score (nSPS) is 14.1. The summed E-state index contributed by atoms with van der Waals surface area (Å²) in [5.41, 5.74) is 2.87. The van der Waals surface area contributed by atoms with Gasteiger partial charge in [0.1, 0.15) is 0 Å². The summed E-state index contributed by atoms with van der Waals surface area (Å²) < 4.78 is 2.09. The summed E-state index contributed by atoms with van der Waals surface area (Å²) >= 11 is 0. The first kappa shape index (κ1) is 5.03. The van der Waals surface area contributed by atoms with Crippen LogP contribution in [-0.4, -0.2) is 9.78 Å². The fourth-order valence-electron chi connectivity index (χ4n) is 1.13. The molecule has 2 nitrogen and oxygen atoms in total. The largest absolute Gasteiger partial charge is 0.266 e. The Labute approximate surface area is 54.5 Å². The van der Waals surface area contributed by atoms with E-state index in [4.69, 9.17) is 0 Å². The van der Waals surface area contributed by atoms with Crippen molar-refractivity contribution >= 4 is 0 Å². The third kappa shape index (κ3) is 0.590. The Morgan fingerprint density at radius 3 is 2.67 bits per heavy atom. The third-order valence-electron chi connectivity index (χ3n) is 1.71. The molecular weight excluding hydrogens is 112 g/mol.